The molecule has 8 aromatic rings. The second-order valence-electron chi connectivity index (χ2n) is 14.2. The SMILES string of the molecule is N#CCc1ccc2c(c1)-c1ccc(-c3ccc(-c4nc(-c5ccccc5)nc(-c5ccc6c(c5)oc5ccccc56)n4)cc3)cc1C21CCCCC1. The molecule has 0 aliphatic heterocycles. The van der Waals surface area contributed by atoms with Crippen molar-refractivity contribution in [2.45, 2.75) is 43.9 Å². The Balaban J connectivity index is 1.04. The summed E-state index contributed by atoms with van der Waals surface area (Å²) in [4.78, 5) is 15.0. The second-order valence-corrected chi connectivity index (χ2v) is 14.2. The Kier molecular flexibility index (Phi) is 7.11. The van der Waals surface area contributed by atoms with Crippen LogP contribution in [0.15, 0.2) is 138 Å². The summed E-state index contributed by atoms with van der Waals surface area (Å²) < 4.78 is 6.21. The number of benzene rings is 6. The molecule has 0 bridgehead atoms. The van der Waals surface area contributed by atoms with Crippen LogP contribution in [-0.2, 0) is 11.8 Å². The monoisotopic (exact) mass is 670 g/mol. The Morgan fingerprint density at radius 1 is 0.519 bits per heavy atom. The molecule has 52 heavy (non-hydrogen) atoms. The molecule has 2 aliphatic rings. The van der Waals surface area contributed by atoms with Crippen molar-refractivity contribution in [1.29, 1.82) is 5.26 Å². The first-order chi connectivity index (χ1) is 25.7. The molecule has 6 aromatic carbocycles. The molecule has 5 heteroatoms. The Hall–Kier alpha value is -6.38. The minimum absolute atomic E-state index is 0.0462. The van der Waals surface area contributed by atoms with Gasteiger partial charge in [-0.2, -0.15) is 5.26 Å². The van der Waals surface area contributed by atoms with Crippen LogP contribution < -0.4 is 0 Å². The lowest BCUT2D eigenvalue weighted by Crippen LogP contribution is -2.28. The van der Waals surface area contributed by atoms with Gasteiger partial charge < -0.3 is 4.42 Å². The van der Waals surface area contributed by atoms with Gasteiger partial charge in [-0.05, 0) is 82.1 Å². The average Bonchev–Trinajstić information content (AvgIpc) is 3.70. The first-order valence-electron chi connectivity index (χ1n) is 18.2. The summed E-state index contributed by atoms with van der Waals surface area (Å²) in [5, 5.41) is 11.6. The van der Waals surface area contributed by atoms with Crippen LogP contribution in [0.5, 0.6) is 0 Å². The molecule has 0 N–H and O–H groups in total. The molecule has 0 unspecified atom stereocenters. The lowest BCUT2D eigenvalue weighted by molar-refractivity contribution is 0.353. The predicted octanol–water partition coefficient (Wildman–Crippen LogP) is 11.7. The van der Waals surface area contributed by atoms with Crippen molar-refractivity contribution >= 4 is 21.9 Å². The van der Waals surface area contributed by atoms with E-state index in [0.717, 1.165) is 49.8 Å². The van der Waals surface area contributed by atoms with Gasteiger partial charge in [0.15, 0.2) is 17.5 Å². The lowest BCUT2D eigenvalue weighted by Gasteiger charge is -2.36. The van der Waals surface area contributed by atoms with Crippen LogP contribution in [0.4, 0.5) is 0 Å². The molecule has 2 aliphatic carbocycles. The smallest absolute Gasteiger partial charge is 0.164 e. The van der Waals surface area contributed by atoms with Crippen LogP contribution in [0.1, 0.15) is 48.8 Å². The minimum Gasteiger partial charge on any atom is -0.456 e. The average molecular weight is 671 g/mol. The van der Waals surface area contributed by atoms with Gasteiger partial charge in [-0.25, -0.2) is 15.0 Å². The summed E-state index contributed by atoms with van der Waals surface area (Å²) in [5.74, 6) is 1.85. The van der Waals surface area contributed by atoms with Crippen molar-refractivity contribution in [2.75, 3.05) is 0 Å². The fraction of sp³-hybridized carbons (Fsp3) is 0.149. The topological polar surface area (TPSA) is 75.6 Å². The molecule has 0 amide bonds. The quantitative estimate of drug-likeness (QED) is 0.182. The Bertz CT molecular complexity index is 2700. The molecule has 1 spiro atoms. The summed E-state index contributed by atoms with van der Waals surface area (Å²) in [6.45, 7) is 0. The van der Waals surface area contributed by atoms with Crippen LogP contribution in [0.3, 0.4) is 0 Å². The summed E-state index contributed by atoms with van der Waals surface area (Å²) in [6, 6.07) is 49.0. The molecular weight excluding hydrogens is 637 g/mol. The van der Waals surface area contributed by atoms with Gasteiger partial charge in [0.2, 0.25) is 0 Å². The highest BCUT2D eigenvalue weighted by molar-refractivity contribution is 6.05. The van der Waals surface area contributed by atoms with E-state index in [1.54, 1.807) is 0 Å². The van der Waals surface area contributed by atoms with Crippen molar-refractivity contribution < 1.29 is 4.42 Å². The van der Waals surface area contributed by atoms with Gasteiger partial charge in [0.05, 0.1) is 12.5 Å². The summed E-state index contributed by atoms with van der Waals surface area (Å²) >= 11 is 0. The fourth-order valence-electron chi connectivity index (χ4n) is 8.65. The van der Waals surface area contributed by atoms with Gasteiger partial charge in [0.1, 0.15) is 11.2 Å². The third-order valence-corrected chi connectivity index (χ3v) is 11.2. The molecule has 0 radical (unpaired) electrons. The second kappa shape index (κ2) is 12.1. The number of fused-ring (bicyclic) bond motifs is 8. The van der Waals surface area contributed by atoms with E-state index >= 15 is 0 Å². The van der Waals surface area contributed by atoms with E-state index in [9.17, 15) is 5.26 Å². The summed E-state index contributed by atoms with van der Waals surface area (Å²) in [6.07, 6.45) is 6.54. The van der Waals surface area contributed by atoms with E-state index in [4.69, 9.17) is 19.4 Å². The first-order valence-corrected chi connectivity index (χ1v) is 18.2. The highest BCUT2D eigenvalue weighted by atomic mass is 16.3. The van der Waals surface area contributed by atoms with Crippen molar-refractivity contribution in [3.05, 3.63) is 150 Å². The Morgan fingerprint density at radius 3 is 1.96 bits per heavy atom. The van der Waals surface area contributed by atoms with Crippen molar-refractivity contribution in [2.24, 2.45) is 0 Å². The largest absolute Gasteiger partial charge is 0.456 e. The maximum atomic E-state index is 9.39. The number of hydrogen-bond acceptors (Lipinski definition) is 5. The predicted molar refractivity (Wildman–Crippen MR) is 207 cm³/mol. The number of para-hydroxylation sites is 1. The van der Waals surface area contributed by atoms with Crippen LogP contribution in [0, 0.1) is 11.3 Å². The van der Waals surface area contributed by atoms with Crippen molar-refractivity contribution in [3.8, 4) is 62.5 Å². The minimum atomic E-state index is 0.0462. The molecule has 2 heterocycles. The van der Waals surface area contributed by atoms with Gasteiger partial charge >= 0.3 is 0 Å². The first kappa shape index (κ1) is 30.4. The number of hydrogen-bond donors (Lipinski definition) is 0. The summed E-state index contributed by atoms with van der Waals surface area (Å²) in [5.41, 5.74) is 13.4. The molecule has 1 saturated carbocycles. The Morgan fingerprint density at radius 2 is 1.17 bits per heavy atom. The van der Waals surface area contributed by atoms with E-state index in [-0.39, 0.29) is 5.41 Å². The third kappa shape index (κ3) is 4.94. The molecule has 2 aromatic heterocycles. The maximum absolute atomic E-state index is 9.39. The zero-order valence-corrected chi connectivity index (χ0v) is 28.6. The van der Waals surface area contributed by atoms with E-state index in [1.807, 2.05) is 54.6 Å². The van der Waals surface area contributed by atoms with Gasteiger partial charge in [-0.15, -0.1) is 0 Å². The van der Waals surface area contributed by atoms with E-state index < -0.39 is 0 Å². The maximum Gasteiger partial charge on any atom is 0.164 e. The van der Waals surface area contributed by atoms with Crippen LogP contribution in [-0.4, -0.2) is 15.0 Å². The fourth-order valence-corrected chi connectivity index (χ4v) is 8.65. The normalized spacial score (nSPS) is 14.4. The van der Waals surface area contributed by atoms with Gasteiger partial charge in [-0.1, -0.05) is 122 Å². The number of aromatic nitrogens is 3. The lowest BCUT2D eigenvalue weighted by atomic mass is 9.67. The van der Waals surface area contributed by atoms with Crippen LogP contribution in [0.25, 0.3) is 78.4 Å². The number of rotatable bonds is 5. The number of nitriles is 1. The molecule has 1 fully saturated rings. The molecule has 10 rings (SSSR count). The zero-order valence-electron chi connectivity index (χ0n) is 28.6. The van der Waals surface area contributed by atoms with Crippen molar-refractivity contribution in [3.63, 3.8) is 0 Å². The highest BCUT2D eigenvalue weighted by Gasteiger charge is 2.43. The number of furan rings is 1. The zero-order chi connectivity index (χ0) is 34.6. The van der Waals surface area contributed by atoms with Crippen molar-refractivity contribution in [1.82, 2.24) is 15.0 Å². The van der Waals surface area contributed by atoms with E-state index in [2.05, 4.69) is 84.9 Å². The van der Waals surface area contributed by atoms with Gasteiger partial charge in [0.25, 0.3) is 0 Å². The van der Waals surface area contributed by atoms with E-state index in [0.29, 0.717) is 23.9 Å². The van der Waals surface area contributed by atoms with Crippen LogP contribution >= 0.6 is 0 Å². The van der Waals surface area contributed by atoms with Gasteiger partial charge in [0, 0.05) is 32.9 Å². The molecule has 5 nitrogen and oxygen atoms in total. The Labute approximate surface area is 302 Å². The third-order valence-electron chi connectivity index (χ3n) is 11.2. The molecule has 0 atom stereocenters. The van der Waals surface area contributed by atoms with E-state index in [1.165, 1.54) is 59.9 Å². The highest BCUT2D eigenvalue weighted by Crippen LogP contribution is 2.56. The van der Waals surface area contributed by atoms with Gasteiger partial charge in [-0.3, -0.25) is 0 Å². The number of nitrogens with zero attached hydrogens (tertiary/aromatic N) is 4. The molecule has 0 saturated heterocycles. The standard InChI is InChI=1S/C47H34N4O/c48-26-23-30-13-22-40-39(27-30)36-20-18-34(28-41(36)47(40)24-7-2-8-25-47)31-14-16-33(17-15-31)45-49-44(32-9-3-1-4-10-32)50-46(51-45)35-19-21-38-37-11-5-6-12-42(37)52-43(38)29-35/h1,3-6,9-22,27-29H,2,7-8,23-25H2. The molecule has 248 valence electrons. The summed E-state index contributed by atoms with van der Waals surface area (Å²) in [7, 11) is 0. The molecular formula is C47H34N4O. The van der Waals surface area contributed by atoms with Crippen LogP contribution in [0.2, 0.25) is 0 Å².